The number of nitrogens with one attached hydrogen (secondary N) is 1. The lowest BCUT2D eigenvalue weighted by molar-refractivity contribution is -0.147. The van der Waals surface area contributed by atoms with Gasteiger partial charge >= 0.3 is 5.97 Å². The van der Waals surface area contributed by atoms with Crippen molar-refractivity contribution in [1.82, 2.24) is 0 Å². The van der Waals surface area contributed by atoms with Gasteiger partial charge in [-0.2, -0.15) is 0 Å². The molecule has 0 atom stereocenters. The zero-order valence-corrected chi connectivity index (χ0v) is 19.8. The van der Waals surface area contributed by atoms with Crippen LogP contribution >= 0.6 is 0 Å². The van der Waals surface area contributed by atoms with Gasteiger partial charge in [-0.25, -0.2) is 0 Å². The molecule has 3 aromatic carbocycles. The largest absolute Gasteiger partial charge is 0.493 e. The summed E-state index contributed by atoms with van der Waals surface area (Å²) in [6.45, 7) is -0.470. The second-order valence-corrected chi connectivity index (χ2v) is 7.48. The Labute approximate surface area is 203 Å². The Balaban J connectivity index is 1.56. The van der Waals surface area contributed by atoms with Crippen LogP contribution in [0.15, 0.2) is 66.7 Å². The molecule has 0 heterocycles. The zero-order valence-electron chi connectivity index (χ0n) is 19.8. The predicted octanol–water partition coefficient (Wildman–Crippen LogP) is 4.06. The molecule has 0 aliphatic carbocycles. The van der Waals surface area contributed by atoms with Crippen molar-refractivity contribution < 1.29 is 33.3 Å². The van der Waals surface area contributed by atoms with E-state index in [4.69, 9.17) is 18.9 Å². The molecule has 0 saturated heterocycles. The summed E-state index contributed by atoms with van der Waals surface area (Å²) in [7, 11) is 4.54. The van der Waals surface area contributed by atoms with E-state index in [0.29, 0.717) is 40.5 Å². The van der Waals surface area contributed by atoms with Crippen LogP contribution in [-0.2, 0) is 20.7 Å². The van der Waals surface area contributed by atoms with E-state index in [-0.39, 0.29) is 12.2 Å². The number of ether oxygens (including phenoxy) is 4. The number of esters is 1. The highest BCUT2D eigenvalue weighted by Gasteiger charge is 2.17. The van der Waals surface area contributed by atoms with Gasteiger partial charge < -0.3 is 24.3 Å². The number of carbonyl (C=O) groups is 3. The Morgan fingerprint density at radius 3 is 2.06 bits per heavy atom. The van der Waals surface area contributed by atoms with Gasteiger partial charge in [0.05, 0.1) is 27.0 Å². The summed E-state index contributed by atoms with van der Waals surface area (Å²) in [5.41, 5.74) is 1.99. The van der Waals surface area contributed by atoms with Crippen LogP contribution in [0.25, 0.3) is 0 Å². The number of hydrogen-bond donors (Lipinski definition) is 1. The minimum atomic E-state index is -0.542. The number of rotatable bonds is 11. The quantitative estimate of drug-likeness (QED) is 0.328. The van der Waals surface area contributed by atoms with E-state index in [2.05, 4.69) is 5.32 Å². The molecule has 1 N–H and O–H groups in total. The van der Waals surface area contributed by atoms with Crippen LogP contribution in [0.1, 0.15) is 27.9 Å². The average Bonchev–Trinajstić information content (AvgIpc) is 2.90. The molecule has 182 valence electrons. The molecular weight excluding hydrogens is 450 g/mol. The van der Waals surface area contributed by atoms with E-state index < -0.39 is 18.5 Å². The van der Waals surface area contributed by atoms with Crippen molar-refractivity contribution >= 4 is 23.3 Å². The number of anilines is 1. The van der Waals surface area contributed by atoms with E-state index in [1.807, 2.05) is 6.07 Å². The smallest absolute Gasteiger partial charge is 0.306 e. The summed E-state index contributed by atoms with van der Waals surface area (Å²) in [5.74, 6) is 0.131. The van der Waals surface area contributed by atoms with E-state index in [1.54, 1.807) is 60.7 Å². The van der Waals surface area contributed by atoms with E-state index in [9.17, 15) is 14.4 Å². The lowest BCUT2D eigenvalue weighted by Crippen LogP contribution is -2.22. The minimum absolute atomic E-state index is 0.0506. The van der Waals surface area contributed by atoms with Crippen molar-refractivity contribution in [1.29, 1.82) is 0 Å². The SMILES string of the molecule is COc1cc(CCC(=O)OCC(=O)Nc2ccccc2C(=O)c2ccccc2)cc(OC)c1OC. The number of aryl methyl sites for hydroxylation is 1. The van der Waals surface area contributed by atoms with Gasteiger partial charge in [0.25, 0.3) is 5.91 Å². The first-order chi connectivity index (χ1) is 17.0. The Hall–Kier alpha value is -4.33. The van der Waals surface area contributed by atoms with Gasteiger partial charge in [-0.1, -0.05) is 42.5 Å². The molecule has 3 rings (SSSR count). The summed E-state index contributed by atoms with van der Waals surface area (Å²) >= 11 is 0. The maximum Gasteiger partial charge on any atom is 0.306 e. The standard InChI is InChI=1S/C27H27NO7/c1-32-22-15-18(16-23(33-2)27(22)34-3)13-14-25(30)35-17-24(29)28-21-12-8-7-11-20(21)26(31)19-9-5-4-6-10-19/h4-12,15-16H,13-14,17H2,1-3H3,(H,28,29). The van der Waals surface area contributed by atoms with Crippen molar-refractivity contribution in [3.63, 3.8) is 0 Å². The fraction of sp³-hybridized carbons (Fsp3) is 0.222. The molecule has 0 aliphatic rings. The Morgan fingerprint density at radius 2 is 1.43 bits per heavy atom. The third-order valence-electron chi connectivity index (χ3n) is 5.19. The van der Waals surface area contributed by atoms with Crippen molar-refractivity contribution in [3.05, 3.63) is 83.4 Å². The highest BCUT2D eigenvalue weighted by Crippen LogP contribution is 2.38. The van der Waals surface area contributed by atoms with Crippen LogP contribution < -0.4 is 19.5 Å². The van der Waals surface area contributed by atoms with Crippen molar-refractivity contribution in [2.75, 3.05) is 33.3 Å². The second kappa shape index (κ2) is 12.2. The number of hydrogen-bond acceptors (Lipinski definition) is 7. The van der Waals surface area contributed by atoms with Gasteiger partial charge in [0, 0.05) is 17.5 Å². The van der Waals surface area contributed by atoms with E-state index >= 15 is 0 Å². The highest BCUT2D eigenvalue weighted by atomic mass is 16.5. The van der Waals surface area contributed by atoms with Crippen LogP contribution in [0.2, 0.25) is 0 Å². The molecule has 3 aromatic rings. The van der Waals surface area contributed by atoms with Gasteiger partial charge in [0.15, 0.2) is 23.9 Å². The molecule has 0 spiro atoms. The molecule has 0 aromatic heterocycles. The van der Waals surface area contributed by atoms with Crippen molar-refractivity contribution in [2.24, 2.45) is 0 Å². The highest BCUT2D eigenvalue weighted by molar-refractivity contribution is 6.13. The third-order valence-corrected chi connectivity index (χ3v) is 5.19. The maximum atomic E-state index is 12.8. The first kappa shape index (κ1) is 25.3. The number of amides is 1. The van der Waals surface area contributed by atoms with Crippen LogP contribution in [0.5, 0.6) is 17.2 Å². The lowest BCUT2D eigenvalue weighted by atomic mass is 10.0. The zero-order chi connectivity index (χ0) is 25.2. The summed E-state index contributed by atoms with van der Waals surface area (Å²) in [4.78, 5) is 37.4. The molecule has 0 fully saturated rings. The first-order valence-electron chi connectivity index (χ1n) is 10.9. The predicted molar refractivity (Wildman–Crippen MR) is 130 cm³/mol. The van der Waals surface area contributed by atoms with Gasteiger partial charge in [-0.3, -0.25) is 14.4 Å². The monoisotopic (exact) mass is 477 g/mol. The molecule has 0 radical (unpaired) electrons. The summed E-state index contributed by atoms with van der Waals surface area (Å²) in [6, 6.07) is 19.0. The van der Waals surface area contributed by atoms with Gasteiger partial charge in [-0.05, 0) is 36.2 Å². The molecule has 35 heavy (non-hydrogen) atoms. The number of carbonyl (C=O) groups excluding carboxylic acids is 3. The summed E-state index contributed by atoms with van der Waals surface area (Å²) in [5, 5.41) is 2.65. The first-order valence-corrected chi connectivity index (χ1v) is 10.9. The number of benzene rings is 3. The summed E-state index contributed by atoms with van der Waals surface area (Å²) < 4.78 is 21.0. The second-order valence-electron chi connectivity index (χ2n) is 7.48. The maximum absolute atomic E-state index is 12.8. The normalized spacial score (nSPS) is 10.3. The molecule has 8 nitrogen and oxygen atoms in total. The Morgan fingerprint density at radius 1 is 0.800 bits per heavy atom. The molecule has 1 amide bonds. The number of para-hydroxylation sites is 1. The van der Waals surface area contributed by atoms with Gasteiger partial charge in [0.1, 0.15) is 0 Å². The fourth-order valence-corrected chi connectivity index (χ4v) is 3.47. The average molecular weight is 478 g/mol. The van der Waals surface area contributed by atoms with Crippen LogP contribution in [0, 0.1) is 0 Å². The molecule has 0 saturated carbocycles. The topological polar surface area (TPSA) is 100 Å². The third kappa shape index (κ3) is 6.60. The van der Waals surface area contributed by atoms with Crippen molar-refractivity contribution in [2.45, 2.75) is 12.8 Å². The van der Waals surface area contributed by atoms with Crippen molar-refractivity contribution in [3.8, 4) is 17.2 Å². The molecule has 0 aliphatic heterocycles. The Kier molecular flexibility index (Phi) is 8.83. The van der Waals surface area contributed by atoms with Crippen LogP contribution in [0.4, 0.5) is 5.69 Å². The molecule has 0 unspecified atom stereocenters. The molecule has 0 bridgehead atoms. The Bertz CT molecular complexity index is 1170. The minimum Gasteiger partial charge on any atom is -0.493 e. The molecule has 8 heteroatoms. The molecular formula is C27H27NO7. The fourth-order valence-electron chi connectivity index (χ4n) is 3.47. The van der Waals surface area contributed by atoms with Gasteiger partial charge in [-0.15, -0.1) is 0 Å². The van der Waals surface area contributed by atoms with E-state index in [0.717, 1.165) is 5.56 Å². The summed E-state index contributed by atoms with van der Waals surface area (Å²) in [6.07, 6.45) is 0.403. The van der Waals surface area contributed by atoms with E-state index in [1.165, 1.54) is 21.3 Å². The number of ketones is 1. The van der Waals surface area contributed by atoms with Crippen LogP contribution in [0.3, 0.4) is 0 Å². The van der Waals surface area contributed by atoms with Crippen LogP contribution in [-0.4, -0.2) is 45.6 Å². The lowest BCUT2D eigenvalue weighted by Gasteiger charge is -2.14. The number of methoxy groups -OCH3 is 3. The van der Waals surface area contributed by atoms with Gasteiger partial charge in [0.2, 0.25) is 5.75 Å².